The van der Waals surface area contributed by atoms with Gasteiger partial charge in [0, 0.05) is 64.7 Å². The Balaban J connectivity index is 0.944. The Labute approximate surface area is 360 Å². The van der Waals surface area contributed by atoms with Gasteiger partial charge in [-0.3, -0.25) is 33.6 Å². The topological polar surface area (TPSA) is 211 Å². The average molecular weight is 857 g/mol. The number of anilines is 5. The number of para-hydroxylation sites is 2. The van der Waals surface area contributed by atoms with Crippen LogP contribution in [0, 0.1) is 5.82 Å². The van der Waals surface area contributed by atoms with E-state index in [1.165, 1.54) is 24.1 Å². The van der Waals surface area contributed by atoms with Gasteiger partial charge in [0.05, 0.1) is 64.3 Å². The van der Waals surface area contributed by atoms with Crippen LogP contribution in [0.4, 0.5) is 33.1 Å². The smallest absolute Gasteiger partial charge is 0.329 e. The number of fused-ring (bicyclic) bond motifs is 1. The van der Waals surface area contributed by atoms with Crippen molar-refractivity contribution in [3.05, 3.63) is 107 Å². The lowest BCUT2D eigenvalue weighted by molar-refractivity contribution is -0.135. The fourth-order valence-electron chi connectivity index (χ4n) is 8.18. The van der Waals surface area contributed by atoms with Gasteiger partial charge in [0.15, 0.2) is 17.4 Å². The average Bonchev–Trinajstić information content (AvgIpc) is 3.55. The monoisotopic (exact) mass is 856 g/mol. The Morgan fingerprint density at radius 2 is 1.65 bits per heavy atom. The van der Waals surface area contributed by atoms with Crippen LogP contribution in [0.15, 0.2) is 84.2 Å². The molecule has 2 aliphatic heterocycles. The second-order valence-corrected chi connectivity index (χ2v) is 15.2. The van der Waals surface area contributed by atoms with Gasteiger partial charge in [0.2, 0.25) is 11.8 Å². The van der Waals surface area contributed by atoms with Crippen LogP contribution in [0.5, 0.6) is 5.75 Å². The van der Waals surface area contributed by atoms with Gasteiger partial charge in [0.25, 0.3) is 11.8 Å². The number of hydrogen-bond acceptors (Lipinski definition) is 13. The van der Waals surface area contributed by atoms with E-state index in [2.05, 4.69) is 46.1 Å². The fourth-order valence-corrected chi connectivity index (χ4v) is 8.18. The number of imide groups is 1. The van der Waals surface area contributed by atoms with Crippen LogP contribution in [0.3, 0.4) is 0 Å². The van der Waals surface area contributed by atoms with Crippen molar-refractivity contribution in [1.82, 2.24) is 44.6 Å². The van der Waals surface area contributed by atoms with E-state index in [-0.39, 0.29) is 53.7 Å². The maximum absolute atomic E-state index is 13.7. The van der Waals surface area contributed by atoms with Crippen molar-refractivity contribution in [3.63, 3.8) is 0 Å². The molecule has 2 aromatic carbocycles. The quantitative estimate of drug-likeness (QED) is 0.123. The summed E-state index contributed by atoms with van der Waals surface area (Å²) in [4.78, 5) is 85.9. The summed E-state index contributed by atoms with van der Waals surface area (Å²) in [7, 11) is 4.96. The van der Waals surface area contributed by atoms with E-state index in [0.717, 1.165) is 18.1 Å². The number of carbonyl (C=O) groups is 4. The first kappa shape index (κ1) is 42.0. The highest BCUT2D eigenvalue weighted by atomic mass is 19.1. The normalized spacial score (nSPS) is 15.5. The lowest BCUT2D eigenvalue weighted by Gasteiger charge is -2.38. The summed E-state index contributed by atoms with van der Waals surface area (Å²) >= 11 is 0. The Morgan fingerprint density at radius 1 is 0.905 bits per heavy atom. The molecule has 2 fully saturated rings. The zero-order chi connectivity index (χ0) is 44.4. The van der Waals surface area contributed by atoms with E-state index in [1.54, 1.807) is 60.0 Å². The van der Waals surface area contributed by atoms with Gasteiger partial charge >= 0.3 is 5.69 Å². The van der Waals surface area contributed by atoms with Crippen molar-refractivity contribution in [1.29, 1.82) is 0 Å². The SMILES string of the molecule is CCNC(=O)c1cnc(Nc2ccc(C(=O)N(C)C3CCN(c4cccc5c4n(C)c(=O)n5C4CCC(=O)NC4=O)CC3)cn2)cc1Nc1cccc(-c2ncc(F)cn2)c1OC. The van der Waals surface area contributed by atoms with Gasteiger partial charge in [0.1, 0.15) is 17.7 Å². The lowest BCUT2D eigenvalue weighted by atomic mass is 10.0. The zero-order valence-corrected chi connectivity index (χ0v) is 35.0. The first-order chi connectivity index (χ1) is 30.4. The molecule has 0 bridgehead atoms. The maximum atomic E-state index is 13.7. The van der Waals surface area contributed by atoms with Crippen LogP contribution in [-0.4, -0.2) is 97.4 Å². The van der Waals surface area contributed by atoms with Crippen LogP contribution >= 0.6 is 0 Å². The summed E-state index contributed by atoms with van der Waals surface area (Å²) in [6, 6.07) is 15.1. The molecule has 8 rings (SSSR count). The van der Waals surface area contributed by atoms with Crippen molar-refractivity contribution in [3.8, 4) is 17.1 Å². The van der Waals surface area contributed by atoms with Crippen molar-refractivity contribution in [2.45, 2.75) is 44.7 Å². The maximum Gasteiger partial charge on any atom is 0.329 e. The van der Waals surface area contributed by atoms with Gasteiger partial charge < -0.3 is 30.5 Å². The molecular weight excluding hydrogens is 812 g/mol. The number of halogens is 1. The Morgan fingerprint density at radius 3 is 2.35 bits per heavy atom. The molecule has 4 N–H and O–H groups in total. The van der Waals surface area contributed by atoms with Crippen LogP contribution in [0.25, 0.3) is 22.4 Å². The summed E-state index contributed by atoms with van der Waals surface area (Å²) in [5.41, 5.74) is 3.94. The molecule has 2 aliphatic rings. The molecule has 0 aliphatic carbocycles. The highest BCUT2D eigenvalue weighted by Crippen LogP contribution is 2.38. The lowest BCUT2D eigenvalue weighted by Crippen LogP contribution is -2.45. The fraction of sp³-hybridized carbons (Fsp3) is 0.295. The Kier molecular flexibility index (Phi) is 11.8. The number of hydrogen-bond donors (Lipinski definition) is 4. The van der Waals surface area contributed by atoms with E-state index in [1.807, 2.05) is 25.1 Å². The third kappa shape index (κ3) is 8.36. The molecule has 6 aromatic rings. The van der Waals surface area contributed by atoms with Crippen LogP contribution in [-0.2, 0) is 16.6 Å². The van der Waals surface area contributed by atoms with Gasteiger partial charge in [-0.2, -0.15) is 0 Å². The summed E-state index contributed by atoms with van der Waals surface area (Å²) in [5.74, 6) is -0.525. The minimum absolute atomic E-state index is 0.0521. The number of imidazole rings is 1. The summed E-state index contributed by atoms with van der Waals surface area (Å²) < 4.78 is 22.3. The molecule has 1 unspecified atom stereocenters. The number of aromatic nitrogens is 6. The number of ether oxygens (including phenoxy) is 1. The van der Waals surface area contributed by atoms with E-state index in [0.29, 0.717) is 83.4 Å². The highest BCUT2D eigenvalue weighted by Gasteiger charge is 2.33. The summed E-state index contributed by atoms with van der Waals surface area (Å²) in [5, 5.41) is 11.6. The number of piperidine rings is 2. The molecule has 0 spiro atoms. The highest BCUT2D eigenvalue weighted by molar-refractivity contribution is 6.02. The number of rotatable bonds is 12. The number of aryl methyl sites for hydroxylation is 1. The Bertz CT molecular complexity index is 2780. The standard InChI is InChI=1S/C44H45FN12O6/c1-5-46-41(59)29-24-48-36(20-31(29)51-30-9-6-8-28(39(30)63-4)40-49-22-26(45)23-50-40)52-35-14-12-25(21-47-35)43(61)54(2)27-16-18-56(19-17-27)32-10-7-11-33-38(32)55(3)44(62)57(33)34-13-15-37(58)53-42(34)60/h6-12,14,20-24,27,34H,5,13,15-19H2,1-4H3,(H,46,59)(H,53,58,60)(H2,47,48,51,52). The molecule has 1 atom stereocenters. The van der Waals surface area contributed by atoms with Gasteiger partial charge in [-0.15, -0.1) is 0 Å². The molecule has 4 aromatic heterocycles. The third-order valence-corrected chi connectivity index (χ3v) is 11.4. The van der Waals surface area contributed by atoms with E-state index >= 15 is 0 Å². The minimum atomic E-state index is -0.773. The van der Waals surface area contributed by atoms with Gasteiger partial charge in [-0.05, 0) is 62.6 Å². The minimum Gasteiger partial charge on any atom is -0.494 e. The van der Waals surface area contributed by atoms with Crippen molar-refractivity contribution < 1.29 is 28.3 Å². The van der Waals surface area contributed by atoms with Crippen LogP contribution < -0.4 is 36.6 Å². The Hall–Kier alpha value is -7.70. The molecule has 4 amide bonds. The number of nitrogens with zero attached hydrogens (tertiary/aromatic N) is 8. The van der Waals surface area contributed by atoms with Crippen molar-refractivity contribution in [2.75, 3.05) is 49.3 Å². The summed E-state index contributed by atoms with van der Waals surface area (Å²) in [6.45, 7) is 3.47. The second kappa shape index (κ2) is 17.7. The van der Waals surface area contributed by atoms with Crippen LogP contribution in [0.2, 0.25) is 0 Å². The number of nitrogens with one attached hydrogen (secondary N) is 4. The summed E-state index contributed by atoms with van der Waals surface area (Å²) in [6.07, 6.45) is 6.85. The molecule has 2 saturated heterocycles. The number of amides is 4. The van der Waals surface area contributed by atoms with Crippen LogP contribution in [0.1, 0.15) is 59.4 Å². The first-order valence-electron chi connectivity index (χ1n) is 20.4. The van der Waals surface area contributed by atoms with Crippen molar-refractivity contribution in [2.24, 2.45) is 7.05 Å². The molecule has 6 heterocycles. The predicted octanol–water partition coefficient (Wildman–Crippen LogP) is 4.69. The largest absolute Gasteiger partial charge is 0.494 e. The number of carbonyl (C=O) groups excluding carboxylic acids is 4. The molecule has 63 heavy (non-hydrogen) atoms. The molecule has 0 saturated carbocycles. The number of benzene rings is 2. The zero-order valence-electron chi connectivity index (χ0n) is 35.0. The van der Waals surface area contributed by atoms with Gasteiger partial charge in [-0.25, -0.2) is 29.1 Å². The molecule has 19 heteroatoms. The predicted molar refractivity (Wildman–Crippen MR) is 233 cm³/mol. The third-order valence-electron chi connectivity index (χ3n) is 11.4. The molecular formula is C44H45FN12O6. The second-order valence-electron chi connectivity index (χ2n) is 15.2. The first-order valence-corrected chi connectivity index (χ1v) is 20.4. The van der Waals surface area contributed by atoms with E-state index in [9.17, 15) is 28.4 Å². The number of methoxy groups -OCH3 is 1. The van der Waals surface area contributed by atoms with E-state index < -0.39 is 17.8 Å². The molecule has 18 nitrogen and oxygen atoms in total. The van der Waals surface area contributed by atoms with Gasteiger partial charge in [-0.1, -0.05) is 12.1 Å². The molecule has 324 valence electrons. The molecule has 0 radical (unpaired) electrons. The van der Waals surface area contributed by atoms with Crippen molar-refractivity contribution >= 4 is 63.4 Å². The number of pyridine rings is 2. The van der Waals surface area contributed by atoms with E-state index in [4.69, 9.17) is 4.74 Å².